The van der Waals surface area contributed by atoms with E-state index in [1.165, 1.54) is 0 Å². The van der Waals surface area contributed by atoms with Gasteiger partial charge in [-0.05, 0) is 31.4 Å². The lowest BCUT2D eigenvalue weighted by Gasteiger charge is -2.44. The van der Waals surface area contributed by atoms with Gasteiger partial charge in [-0.15, -0.1) is 0 Å². The minimum Gasteiger partial charge on any atom is -0.349 e. The Morgan fingerprint density at radius 2 is 2.05 bits per heavy atom. The normalized spacial score (nSPS) is 20.5. The lowest BCUT2D eigenvalue weighted by molar-refractivity contribution is -0.118. The van der Waals surface area contributed by atoms with Crippen LogP contribution in [0.4, 0.5) is 5.69 Å². The summed E-state index contributed by atoms with van der Waals surface area (Å²) in [6, 6.07) is 11.6. The number of nitrogens with zero attached hydrogens (tertiary/aromatic N) is 1. The molecule has 2 N–H and O–H groups in total. The maximum Gasteiger partial charge on any atom is 0.265 e. The fourth-order valence-electron chi connectivity index (χ4n) is 2.21. The molecule has 1 aliphatic carbocycles. The number of hydrogen-bond donors (Lipinski definition) is 2. The lowest BCUT2D eigenvalue weighted by Crippen LogP contribution is -2.54. The van der Waals surface area contributed by atoms with Crippen LogP contribution in [0.15, 0.2) is 40.9 Å². The highest BCUT2D eigenvalue weighted by atomic mass is 32.2. The average molecular weight is 271 g/mol. The standard InChI is InChI=1S/C14H13N3OS/c15-9-11-12(18)17-14(7-4-8-14)19-13(11)16-10-5-2-1-3-6-10/h1-3,5-6,16H,4,7-8H2,(H,17,18). The van der Waals surface area contributed by atoms with E-state index in [2.05, 4.69) is 10.6 Å². The van der Waals surface area contributed by atoms with E-state index in [0.29, 0.717) is 5.03 Å². The second kappa shape index (κ2) is 4.63. The molecule has 1 aromatic rings. The van der Waals surface area contributed by atoms with Gasteiger partial charge in [-0.1, -0.05) is 30.0 Å². The number of nitriles is 1. The van der Waals surface area contributed by atoms with Crippen molar-refractivity contribution in [3.8, 4) is 6.07 Å². The Balaban J connectivity index is 1.91. The first-order valence-electron chi connectivity index (χ1n) is 6.20. The van der Waals surface area contributed by atoms with Gasteiger partial charge in [-0.25, -0.2) is 0 Å². The fraction of sp³-hybridized carbons (Fsp3) is 0.286. The van der Waals surface area contributed by atoms with E-state index in [1.54, 1.807) is 11.8 Å². The molecule has 4 nitrogen and oxygen atoms in total. The Bertz CT molecular complexity index is 584. The molecule has 19 heavy (non-hydrogen) atoms. The highest BCUT2D eigenvalue weighted by molar-refractivity contribution is 8.04. The van der Waals surface area contributed by atoms with Gasteiger partial charge < -0.3 is 10.6 Å². The van der Waals surface area contributed by atoms with Crippen molar-refractivity contribution in [2.45, 2.75) is 24.1 Å². The molecule has 1 fully saturated rings. The van der Waals surface area contributed by atoms with Crippen LogP contribution in [0.3, 0.4) is 0 Å². The van der Waals surface area contributed by atoms with Crippen molar-refractivity contribution in [2.24, 2.45) is 0 Å². The molecule has 1 aliphatic heterocycles. The van der Waals surface area contributed by atoms with Crippen molar-refractivity contribution in [1.82, 2.24) is 5.32 Å². The van der Waals surface area contributed by atoms with E-state index in [0.717, 1.165) is 24.9 Å². The molecule has 1 aromatic carbocycles. The maximum absolute atomic E-state index is 12.0. The van der Waals surface area contributed by atoms with Crippen LogP contribution in [0.5, 0.6) is 0 Å². The number of carbonyl (C=O) groups is 1. The number of para-hydroxylation sites is 1. The monoisotopic (exact) mass is 271 g/mol. The summed E-state index contributed by atoms with van der Waals surface area (Å²) in [6.45, 7) is 0. The molecule has 2 aliphatic rings. The summed E-state index contributed by atoms with van der Waals surface area (Å²) in [5.74, 6) is -0.264. The van der Waals surface area contributed by atoms with Crippen molar-refractivity contribution in [3.05, 3.63) is 40.9 Å². The molecule has 0 saturated heterocycles. The number of rotatable bonds is 2. The van der Waals surface area contributed by atoms with Crippen LogP contribution < -0.4 is 10.6 Å². The zero-order chi connectivity index (χ0) is 13.3. The van der Waals surface area contributed by atoms with Crippen molar-refractivity contribution in [2.75, 3.05) is 5.32 Å². The number of hydrogen-bond acceptors (Lipinski definition) is 4. The molecule has 1 heterocycles. The summed E-state index contributed by atoms with van der Waals surface area (Å²) in [6.07, 6.45) is 3.04. The highest BCUT2D eigenvalue weighted by Crippen LogP contribution is 2.48. The second-order valence-electron chi connectivity index (χ2n) is 4.71. The van der Waals surface area contributed by atoms with Gasteiger partial charge in [0.2, 0.25) is 0 Å². The van der Waals surface area contributed by atoms with Crippen LogP contribution in [-0.2, 0) is 4.79 Å². The lowest BCUT2D eigenvalue weighted by atomic mass is 9.91. The largest absolute Gasteiger partial charge is 0.349 e. The molecule has 0 radical (unpaired) electrons. The maximum atomic E-state index is 12.0. The highest BCUT2D eigenvalue weighted by Gasteiger charge is 2.44. The van der Waals surface area contributed by atoms with Crippen LogP contribution >= 0.6 is 11.8 Å². The quantitative estimate of drug-likeness (QED) is 0.867. The number of anilines is 1. The van der Waals surface area contributed by atoms with Crippen molar-refractivity contribution >= 4 is 23.4 Å². The molecule has 0 unspecified atom stereocenters. The number of thioether (sulfide) groups is 1. The van der Waals surface area contributed by atoms with Gasteiger partial charge in [-0.3, -0.25) is 4.79 Å². The molecule has 0 aromatic heterocycles. The summed E-state index contributed by atoms with van der Waals surface area (Å²) in [5.41, 5.74) is 1.06. The Morgan fingerprint density at radius 1 is 1.32 bits per heavy atom. The second-order valence-corrected chi connectivity index (χ2v) is 6.10. The van der Waals surface area contributed by atoms with Crippen LogP contribution in [-0.4, -0.2) is 10.8 Å². The molecule has 0 atom stereocenters. The first kappa shape index (κ1) is 12.1. The Hall–Kier alpha value is -1.93. The molecule has 3 rings (SSSR count). The van der Waals surface area contributed by atoms with E-state index < -0.39 is 0 Å². The molecule has 1 amide bonds. The molecule has 0 bridgehead atoms. The first-order valence-corrected chi connectivity index (χ1v) is 7.02. The Kier molecular flexibility index (Phi) is 2.96. The third kappa shape index (κ3) is 2.20. The van der Waals surface area contributed by atoms with Crippen molar-refractivity contribution in [1.29, 1.82) is 5.26 Å². The van der Waals surface area contributed by atoms with E-state index in [4.69, 9.17) is 5.26 Å². The summed E-state index contributed by atoms with van der Waals surface area (Å²) in [5, 5.41) is 16.0. The van der Waals surface area contributed by atoms with Gasteiger partial charge in [0.15, 0.2) is 0 Å². The molecule has 1 saturated carbocycles. The molecule has 96 valence electrons. The first-order chi connectivity index (χ1) is 9.22. The third-order valence-corrected chi connectivity index (χ3v) is 4.81. The zero-order valence-corrected chi connectivity index (χ0v) is 11.1. The van der Waals surface area contributed by atoms with E-state index in [1.807, 2.05) is 36.4 Å². The topological polar surface area (TPSA) is 64.9 Å². The average Bonchev–Trinajstić information content (AvgIpc) is 2.38. The summed E-state index contributed by atoms with van der Waals surface area (Å²) in [7, 11) is 0. The molecule has 5 heteroatoms. The van der Waals surface area contributed by atoms with Crippen molar-refractivity contribution in [3.63, 3.8) is 0 Å². The molecule has 1 spiro atoms. The minimum absolute atomic E-state index is 0.173. The van der Waals surface area contributed by atoms with Crippen molar-refractivity contribution < 1.29 is 4.79 Å². The van der Waals surface area contributed by atoms with Crippen LogP contribution in [0, 0.1) is 11.3 Å². The smallest absolute Gasteiger partial charge is 0.265 e. The van der Waals surface area contributed by atoms with E-state index in [9.17, 15) is 4.79 Å². The molecular weight excluding hydrogens is 258 g/mol. The van der Waals surface area contributed by atoms with E-state index in [-0.39, 0.29) is 16.4 Å². The zero-order valence-electron chi connectivity index (χ0n) is 10.3. The number of benzene rings is 1. The Morgan fingerprint density at radius 3 is 2.63 bits per heavy atom. The Labute approximate surface area is 115 Å². The number of amides is 1. The number of nitrogens with one attached hydrogen (secondary N) is 2. The van der Waals surface area contributed by atoms with Gasteiger partial charge >= 0.3 is 0 Å². The predicted molar refractivity (Wildman–Crippen MR) is 75.0 cm³/mol. The van der Waals surface area contributed by atoms with Gasteiger partial charge in [-0.2, -0.15) is 5.26 Å². The van der Waals surface area contributed by atoms with Gasteiger partial charge in [0, 0.05) is 5.69 Å². The number of carbonyl (C=O) groups excluding carboxylic acids is 1. The fourth-order valence-corrected chi connectivity index (χ4v) is 3.65. The SMILES string of the molecule is N#CC1=C(Nc2ccccc2)SC2(CCC2)NC1=O. The van der Waals surface area contributed by atoms with Crippen LogP contribution in [0.1, 0.15) is 19.3 Å². The third-order valence-electron chi connectivity index (χ3n) is 3.40. The van der Waals surface area contributed by atoms with Gasteiger partial charge in [0.05, 0.1) is 9.90 Å². The van der Waals surface area contributed by atoms with Crippen LogP contribution in [0.2, 0.25) is 0 Å². The molecular formula is C14H13N3OS. The summed E-state index contributed by atoms with van der Waals surface area (Å²) >= 11 is 1.57. The predicted octanol–water partition coefficient (Wildman–Crippen LogP) is 2.58. The minimum atomic E-state index is -0.264. The van der Waals surface area contributed by atoms with Crippen LogP contribution in [0.25, 0.3) is 0 Å². The van der Waals surface area contributed by atoms with Gasteiger partial charge in [0.25, 0.3) is 5.91 Å². The van der Waals surface area contributed by atoms with E-state index >= 15 is 0 Å². The van der Waals surface area contributed by atoms with Gasteiger partial charge in [0.1, 0.15) is 11.6 Å². The summed E-state index contributed by atoms with van der Waals surface area (Å²) < 4.78 is 0. The summed E-state index contributed by atoms with van der Waals surface area (Å²) in [4.78, 5) is 11.8.